The highest BCUT2D eigenvalue weighted by atomic mass is 16.5. The molecule has 3 aromatic rings. The number of carbonyl (C=O) groups is 1. The van der Waals surface area contributed by atoms with Crippen molar-refractivity contribution in [3.05, 3.63) is 64.8 Å². The maximum atomic E-state index is 12.6. The Morgan fingerprint density at radius 2 is 2.12 bits per heavy atom. The number of benzene rings is 2. The van der Waals surface area contributed by atoms with Gasteiger partial charge in [-0.25, -0.2) is 0 Å². The molecule has 26 heavy (non-hydrogen) atoms. The van der Waals surface area contributed by atoms with Crippen LogP contribution in [0.1, 0.15) is 27.2 Å². The van der Waals surface area contributed by atoms with Gasteiger partial charge < -0.3 is 19.3 Å². The first-order chi connectivity index (χ1) is 12.7. The van der Waals surface area contributed by atoms with Crippen LogP contribution in [-0.2, 0) is 13.2 Å². The maximum absolute atomic E-state index is 12.6. The number of nitrogens with one attached hydrogen (secondary N) is 1. The number of para-hydroxylation sites is 1. The molecule has 0 spiro atoms. The van der Waals surface area contributed by atoms with Crippen molar-refractivity contribution in [2.24, 2.45) is 0 Å². The Morgan fingerprint density at radius 1 is 1.27 bits per heavy atom. The van der Waals surface area contributed by atoms with Gasteiger partial charge in [0.1, 0.15) is 18.1 Å². The van der Waals surface area contributed by atoms with Crippen LogP contribution < -0.4 is 14.8 Å². The molecule has 6 nitrogen and oxygen atoms in total. The molecule has 0 radical (unpaired) electrons. The Hall–Kier alpha value is -3.28. The van der Waals surface area contributed by atoms with Crippen molar-refractivity contribution in [3.63, 3.8) is 0 Å². The lowest BCUT2D eigenvalue weighted by atomic mass is 10.0. The molecule has 1 aromatic heterocycles. The van der Waals surface area contributed by atoms with E-state index in [1.165, 1.54) is 0 Å². The molecule has 1 N–H and O–H groups in total. The minimum Gasteiger partial charge on any atom is -0.496 e. The van der Waals surface area contributed by atoms with Crippen molar-refractivity contribution < 1.29 is 18.8 Å². The maximum Gasteiger partial charge on any atom is 0.274 e. The molecule has 0 saturated carbocycles. The molecule has 4 rings (SSSR count). The molecule has 0 bridgehead atoms. The first-order valence-electron chi connectivity index (χ1n) is 8.30. The molecule has 1 aliphatic rings. The van der Waals surface area contributed by atoms with Crippen LogP contribution in [0.15, 0.2) is 47.0 Å². The Bertz CT molecular complexity index is 978. The van der Waals surface area contributed by atoms with Crippen molar-refractivity contribution in [1.29, 1.82) is 0 Å². The number of nitrogens with zero attached hydrogens (tertiary/aromatic N) is 1. The predicted octanol–water partition coefficient (Wildman–Crippen LogP) is 3.48. The van der Waals surface area contributed by atoms with Crippen LogP contribution in [-0.4, -0.2) is 18.2 Å². The minimum absolute atomic E-state index is 0.252. The van der Waals surface area contributed by atoms with Gasteiger partial charge in [0, 0.05) is 12.1 Å². The highest BCUT2D eigenvalue weighted by Crippen LogP contribution is 2.39. The predicted molar refractivity (Wildman–Crippen MR) is 95.2 cm³/mol. The number of carbonyl (C=O) groups excluding carboxylic acids is 1. The first-order valence-corrected chi connectivity index (χ1v) is 8.30. The molecule has 2 aromatic carbocycles. The number of hydrogen-bond donors (Lipinski definition) is 1. The number of methoxy groups -OCH3 is 1. The number of amides is 1. The molecule has 0 fully saturated rings. The topological polar surface area (TPSA) is 73.6 Å². The second kappa shape index (κ2) is 6.55. The number of fused-ring (bicyclic) bond motifs is 3. The summed E-state index contributed by atoms with van der Waals surface area (Å²) >= 11 is 0. The van der Waals surface area contributed by atoms with Gasteiger partial charge >= 0.3 is 0 Å². The Labute approximate surface area is 150 Å². The minimum atomic E-state index is -0.305. The van der Waals surface area contributed by atoms with Gasteiger partial charge in [-0.1, -0.05) is 35.0 Å². The monoisotopic (exact) mass is 350 g/mol. The standard InChI is InChI=1S/C20H18N2O4/c1-12-7-8-17-14(9-12)19-15(11-25-17)18(22-26-19)20(23)21-10-13-5-3-4-6-16(13)24-2/h3-9H,10-11H2,1-2H3,(H,21,23). The van der Waals surface area contributed by atoms with Crippen molar-refractivity contribution in [1.82, 2.24) is 10.5 Å². The number of rotatable bonds is 4. The van der Waals surface area contributed by atoms with Crippen molar-refractivity contribution >= 4 is 5.91 Å². The summed E-state index contributed by atoms with van der Waals surface area (Å²) in [5, 5.41) is 6.85. The smallest absolute Gasteiger partial charge is 0.274 e. The summed E-state index contributed by atoms with van der Waals surface area (Å²) in [5.41, 5.74) is 3.71. The average Bonchev–Trinajstić information content (AvgIpc) is 3.11. The average molecular weight is 350 g/mol. The Morgan fingerprint density at radius 3 is 2.96 bits per heavy atom. The third-order valence-corrected chi connectivity index (χ3v) is 4.39. The van der Waals surface area contributed by atoms with Crippen LogP contribution in [0, 0.1) is 6.92 Å². The number of aromatic nitrogens is 1. The number of hydrogen-bond acceptors (Lipinski definition) is 5. The highest BCUT2D eigenvalue weighted by Gasteiger charge is 2.28. The number of ether oxygens (including phenoxy) is 2. The van der Waals surface area contributed by atoms with E-state index in [1.807, 2.05) is 49.4 Å². The zero-order valence-corrected chi connectivity index (χ0v) is 14.5. The van der Waals surface area contributed by atoms with Gasteiger partial charge in [0.15, 0.2) is 11.5 Å². The van der Waals surface area contributed by atoms with Gasteiger partial charge in [-0.3, -0.25) is 4.79 Å². The molecule has 1 amide bonds. The van der Waals surface area contributed by atoms with Crippen LogP contribution in [0.25, 0.3) is 11.3 Å². The molecular formula is C20H18N2O4. The van der Waals surface area contributed by atoms with E-state index >= 15 is 0 Å². The van der Waals surface area contributed by atoms with Crippen LogP contribution in [0.5, 0.6) is 11.5 Å². The van der Waals surface area contributed by atoms with Gasteiger partial charge in [-0.05, 0) is 25.1 Å². The lowest BCUT2D eigenvalue weighted by Gasteiger charge is -2.16. The van der Waals surface area contributed by atoms with E-state index in [0.717, 1.165) is 28.2 Å². The summed E-state index contributed by atoms with van der Waals surface area (Å²) in [6.07, 6.45) is 0. The van der Waals surface area contributed by atoms with Crippen LogP contribution >= 0.6 is 0 Å². The zero-order chi connectivity index (χ0) is 18.1. The third kappa shape index (κ3) is 2.79. The van der Waals surface area contributed by atoms with Gasteiger partial charge in [-0.2, -0.15) is 0 Å². The lowest BCUT2D eigenvalue weighted by Crippen LogP contribution is -2.25. The molecule has 0 aliphatic carbocycles. The van der Waals surface area contributed by atoms with Crippen LogP contribution in [0.2, 0.25) is 0 Å². The van der Waals surface area contributed by atoms with Gasteiger partial charge in [0.05, 0.1) is 18.2 Å². The SMILES string of the molecule is COc1ccccc1CNC(=O)c1noc2c1COc1ccc(C)cc1-2. The second-order valence-corrected chi connectivity index (χ2v) is 6.12. The van der Waals surface area contributed by atoms with E-state index in [4.69, 9.17) is 14.0 Å². The van der Waals surface area contributed by atoms with E-state index in [-0.39, 0.29) is 18.2 Å². The van der Waals surface area contributed by atoms with Gasteiger partial charge in [0.2, 0.25) is 0 Å². The number of aryl methyl sites for hydroxylation is 1. The fourth-order valence-electron chi connectivity index (χ4n) is 3.04. The van der Waals surface area contributed by atoms with Crippen molar-refractivity contribution in [3.8, 4) is 22.8 Å². The molecule has 2 heterocycles. The fourth-order valence-corrected chi connectivity index (χ4v) is 3.04. The fraction of sp³-hybridized carbons (Fsp3) is 0.200. The van der Waals surface area contributed by atoms with E-state index in [9.17, 15) is 4.79 Å². The van der Waals surface area contributed by atoms with E-state index < -0.39 is 0 Å². The van der Waals surface area contributed by atoms with Gasteiger partial charge in [0.25, 0.3) is 5.91 Å². The van der Waals surface area contributed by atoms with Crippen molar-refractivity contribution in [2.45, 2.75) is 20.1 Å². The third-order valence-electron chi connectivity index (χ3n) is 4.39. The molecular weight excluding hydrogens is 332 g/mol. The van der Waals surface area contributed by atoms with E-state index in [0.29, 0.717) is 17.9 Å². The molecule has 6 heteroatoms. The summed E-state index contributed by atoms with van der Waals surface area (Å²) < 4.78 is 16.5. The zero-order valence-electron chi connectivity index (χ0n) is 14.5. The normalized spacial score (nSPS) is 11.9. The Balaban J connectivity index is 1.57. The summed E-state index contributed by atoms with van der Waals surface area (Å²) in [6, 6.07) is 13.4. The lowest BCUT2D eigenvalue weighted by molar-refractivity contribution is 0.0939. The first kappa shape index (κ1) is 16.2. The molecule has 132 valence electrons. The highest BCUT2D eigenvalue weighted by molar-refractivity contribution is 5.95. The molecule has 1 aliphatic heterocycles. The molecule has 0 atom stereocenters. The van der Waals surface area contributed by atoms with Crippen molar-refractivity contribution in [2.75, 3.05) is 7.11 Å². The van der Waals surface area contributed by atoms with E-state index in [1.54, 1.807) is 7.11 Å². The van der Waals surface area contributed by atoms with Gasteiger partial charge in [-0.15, -0.1) is 0 Å². The summed E-state index contributed by atoms with van der Waals surface area (Å²) in [6.45, 7) is 2.58. The molecule has 0 saturated heterocycles. The summed E-state index contributed by atoms with van der Waals surface area (Å²) in [4.78, 5) is 12.6. The van der Waals surface area contributed by atoms with Crippen LogP contribution in [0.4, 0.5) is 0 Å². The Kier molecular flexibility index (Phi) is 4.08. The quantitative estimate of drug-likeness (QED) is 0.780. The largest absolute Gasteiger partial charge is 0.496 e. The summed E-state index contributed by atoms with van der Waals surface area (Å²) in [5.74, 6) is 1.75. The molecule has 0 unspecified atom stereocenters. The summed E-state index contributed by atoms with van der Waals surface area (Å²) in [7, 11) is 1.60. The van der Waals surface area contributed by atoms with Crippen LogP contribution in [0.3, 0.4) is 0 Å². The van der Waals surface area contributed by atoms with E-state index in [2.05, 4.69) is 10.5 Å². The second-order valence-electron chi connectivity index (χ2n) is 6.12.